The van der Waals surface area contributed by atoms with E-state index < -0.39 is 40.1 Å². The molecule has 0 aliphatic carbocycles. The second kappa shape index (κ2) is 9.24. The van der Waals surface area contributed by atoms with E-state index in [1.165, 1.54) is 24.3 Å². The lowest BCUT2D eigenvalue weighted by Crippen LogP contribution is -2.00. The van der Waals surface area contributed by atoms with Crippen LogP contribution in [-0.4, -0.2) is 0 Å². The van der Waals surface area contributed by atoms with Gasteiger partial charge in [0.15, 0.2) is 23.3 Å². The molecule has 3 rings (SSSR count). The lowest BCUT2D eigenvalue weighted by Gasteiger charge is -2.11. The van der Waals surface area contributed by atoms with E-state index in [0.29, 0.717) is 6.42 Å². The Labute approximate surface area is 172 Å². The Hall–Kier alpha value is -2.95. The summed E-state index contributed by atoms with van der Waals surface area (Å²) in [6.07, 6.45) is 4.01. The molecule has 0 aromatic heterocycles. The van der Waals surface area contributed by atoms with Crippen LogP contribution in [-0.2, 0) is 12.8 Å². The highest BCUT2D eigenvalue weighted by atomic mass is 19.2. The Morgan fingerprint density at radius 3 is 2.20 bits per heavy atom. The summed E-state index contributed by atoms with van der Waals surface area (Å²) in [7, 11) is 0. The molecule has 0 fully saturated rings. The topological polar surface area (TPSA) is 0 Å². The maximum Gasteiger partial charge on any atom is 0.170 e. The summed E-state index contributed by atoms with van der Waals surface area (Å²) < 4.78 is 73.3. The summed E-state index contributed by atoms with van der Waals surface area (Å²) in [5, 5.41) is -0.625. The van der Waals surface area contributed by atoms with Crippen LogP contribution in [0, 0.1) is 17.5 Å². The van der Waals surface area contributed by atoms with Gasteiger partial charge in [-0.25, -0.2) is 22.0 Å². The molecule has 0 radical (unpaired) electrons. The zero-order valence-electron chi connectivity index (χ0n) is 16.5. The van der Waals surface area contributed by atoms with E-state index in [1.807, 2.05) is 6.92 Å². The van der Waals surface area contributed by atoms with Crippen LogP contribution in [0.4, 0.5) is 22.0 Å². The van der Waals surface area contributed by atoms with Crippen molar-refractivity contribution in [3.05, 3.63) is 94.8 Å². The molecule has 0 atom stereocenters. The molecule has 0 aliphatic heterocycles. The fraction of sp³-hybridized carbons (Fsp3) is 0.200. The minimum atomic E-state index is -1.63. The molecule has 0 aliphatic rings. The van der Waals surface area contributed by atoms with Gasteiger partial charge in [-0.15, -0.1) is 6.58 Å². The maximum atomic E-state index is 14.8. The van der Waals surface area contributed by atoms with Gasteiger partial charge in [-0.3, -0.25) is 0 Å². The van der Waals surface area contributed by atoms with Crippen LogP contribution < -0.4 is 0 Å². The number of hydrogen-bond donors (Lipinski definition) is 0. The van der Waals surface area contributed by atoms with Crippen LogP contribution >= 0.6 is 0 Å². The third kappa shape index (κ3) is 4.16. The van der Waals surface area contributed by atoms with Crippen molar-refractivity contribution in [1.82, 2.24) is 0 Å². The quantitative estimate of drug-likeness (QED) is 0.207. The highest BCUT2D eigenvalue weighted by Gasteiger charge is 2.23. The molecule has 0 bridgehead atoms. The van der Waals surface area contributed by atoms with E-state index in [2.05, 4.69) is 6.58 Å². The van der Waals surface area contributed by atoms with Crippen molar-refractivity contribution in [2.75, 3.05) is 0 Å². The molecule has 3 aromatic rings. The molecule has 0 heterocycles. The van der Waals surface area contributed by atoms with E-state index in [4.69, 9.17) is 0 Å². The predicted octanol–water partition coefficient (Wildman–Crippen LogP) is 8.09. The number of aryl methyl sites for hydroxylation is 2. The number of halogens is 5. The van der Waals surface area contributed by atoms with Gasteiger partial charge in [-0.1, -0.05) is 55.8 Å². The summed E-state index contributed by atoms with van der Waals surface area (Å²) >= 11 is 0. The van der Waals surface area contributed by atoms with Gasteiger partial charge in [0.05, 0.1) is 10.9 Å². The summed E-state index contributed by atoms with van der Waals surface area (Å²) in [5.41, 5.74) is 0.189. The molecule has 0 nitrogen and oxygen atoms in total. The van der Waals surface area contributed by atoms with Gasteiger partial charge in [0.25, 0.3) is 0 Å². The highest BCUT2D eigenvalue weighted by Crippen LogP contribution is 2.35. The molecule has 0 amide bonds. The van der Waals surface area contributed by atoms with Crippen LogP contribution in [0.3, 0.4) is 0 Å². The largest absolute Gasteiger partial charge is 0.206 e. The van der Waals surface area contributed by atoms with Gasteiger partial charge in [-0.2, -0.15) is 0 Å². The SMILES string of the molecule is C=CCCc1ccc2cc(C(F)=C(F)c3ccc(CCC)cc3)c(F)c(F)c2c1F. The monoisotopic (exact) mass is 416 g/mol. The Kier molecular flexibility index (Phi) is 6.70. The zero-order valence-corrected chi connectivity index (χ0v) is 16.5. The molecule has 30 heavy (non-hydrogen) atoms. The summed E-state index contributed by atoms with van der Waals surface area (Å²) in [6, 6.07) is 9.81. The Morgan fingerprint density at radius 2 is 1.57 bits per heavy atom. The molecule has 156 valence electrons. The van der Waals surface area contributed by atoms with Gasteiger partial charge >= 0.3 is 0 Å². The van der Waals surface area contributed by atoms with Crippen molar-refractivity contribution in [1.29, 1.82) is 0 Å². The fourth-order valence-corrected chi connectivity index (χ4v) is 3.39. The highest BCUT2D eigenvalue weighted by molar-refractivity contribution is 5.91. The molecule has 0 saturated heterocycles. The summed E-state index contributed by atoms with van der Waals surface area (Å²) in [4.78, 5) is 0. The van der Waals surface area contributed by atoms with Crippen LogP contribution in [0.25, 0.3) is 22.4 Å². The standard InChI is InChI=1S/C25H21F5/c1-3-5-7-16-12-13-18-14-19(24(29)25(30)20(18)21(16)26)23(28)22(27)17-10-8-15(6-4-2)9-11-17/h3,8-14H,1,4-7H2,2H3. The van der Waals surface area contributed by atoms with Crippen LogP contribution in [0.15, 0.2) is 55.1 Å². The third-order valence-electron chi connectivity index (χ3n) is 5.00. The molecule has 0 N–H and O–H groups in total. The van der Waals surface area contributed by atoms with Crippen molar-refractivity contribution in [2.24, 2.45) is 0 Å². The first-order valence-electron chi connectivity index (χ1n) is 9.74. The lowest BCUT2D eigenvalue weighted by molar-refractivity contribution is 0.505. The van der Waals surface area contributed by atoms with E-state index in [-0.39, 0.29) is 22.9 Å². The average molecular weight is 416 g/mol. The second-order valence-corrected chi connectivity index (χ2v) is 7.09. The fourth-order valence-electron chi connectivity index (χ4n) is 3.39. The predicted molar refractivity (Wildman–Crippen MR) is 112 cm³/mol. The van der Waals surface area contributed by atoms with Crippen LogP contribution in [0.1, 0.15) is 42.0 Å². The van der Waals surface area contributed by atoms with Crippen LogP contribution in [0.5, 0.6) is 0 Å². The van der Waals surface area contributed by atoms with Crippen molar-refractivity contribution in [3.8, 4) is 0 Å². The summed E-state index contributed by atoms with van der Waals surface area (Å²) in [6.45, 7) is 5.54. The zero-order chi connectivity index (χ0) is 21.8. The minimum absolute atomic E-state index is 0.0509. The van der Waals surface area contributed by atoms with Crippen molar-refractivity contribution in [3.63, 3.8) is 0 Å². The van der Waals surface area contributed by atoms with Crippen molar-refractivity contribution >= 4 is 22.4 Å². The van der Waals surface area contributed by atoms with Gasteiger partial charge < -0.3 is 0 Å². The first kappa shape index (κ1) is 21.8. The van der Waals surface area contributed by atoms with Gasteiger partial charge in [-0.05, 0) is 41.8 Å². The number of hydrogen-bond acceptors (Lipinski definition) is 0. The molecule has 0 saturated carbocycles. The summed E-state index contributed by atoms with van der Waals surface area (Å²) in [5.74, 6) is -6.92. The average Bonchev–Trinajstić information content (AvgIpc) is 2.75. The van der Waals surface area contributed by atoms with Gasteiger partial charge in [0, 0.05) is 5.56 Å². The molecule has 0 spiro atoms. The van der Waals surface area contributed by atoms with Gasteiger partial charge in [0.2, 0.25) is 0 Å². The Balaban J connectivity index is 2.09. The molecular weight excluding hydrogens is 395 g/mol. The number of allylic oxidation sites excluding steroid dienone is 1. The number of rotatable bonds is 7. The first-order chi connectivity index (χ1) is 14.4. The van der Waals surface area contributed by atoms with E-state index in [1.54, 1.807) is 18.2 Å². The molecule has 5 heteroatoms. The number of benzene rings is 3. The molecule has 3 aromatic carbocycles. The van der Waals surface area contributed by atoms with E-state index in [9.17, 15) is 22.0 Å². The first-order valence-corrected chi connectivity index (χ1v) is 9.74. The van der Waals surface area contributed by atoms with E-state index >= 15 is 0 Å². The molecule has 0 unspecified atom stereocenters. The normalized spacial score (nSPS) is 12.2. The Morgan fingerprint density at radius 1 is 0.867 bits per heavy atom. The van der Waals surface area contributed by atoms with Crippen LogP contribution in [0.2, 0.25) is 0 Å². The van der Waals surface area contributed by atoms with Crippen molar-refractivity contribution < 1.29 is 22.0 Å². The van der Waals surface area contributed by atoms with Gasteiger partial charge in [0.1, 0.15) is 5.82 Å². The maximum absolute atomic E-state index is 14.8. The van der Waals surface area contributed by atoms with E-state index in [0.717, 1.165) is 24.5 Å². The lowest BCUT2D eigenvalue weighted by atomic mass is 9.98. The number of fused-ring (bicyclic) bond motifs is 1. The Bertz CT molecular complexity index is 1110. The smallest absolute Gasteiger partial charge is 0.170 e. The second-order valence-electron chi connectivity index (χ2n) is 7.09. The minimum Gasteiger partial charge on any atom is -0.206 e. The third-order valence-corrected chi connectivity index (χ3v) is 5.00. The molecular formula is C25H21F5. The van der Waals surface area contributed by atoms with Crippen molar-refractivity contribution in [2.45, 2.75) is 32.6 Å².